The van der Waals surface area contributed by atoms with Gasteiger partial charge in [0.15, 0.2) is 12.2 Å². The lowest BCUT2D eigenvalue weighted by Gasteiger charge is -2.26. The number of pyridine rings is 1. The van der Waals surface area contributed by atoms with E-state index in [1.807, 2.05) is 29.1 Å². The molecule has 0 saturated heterocycles. The third-order valence-electron chi connectivity index (χ3n) is 5.82. The highest BCUT2D eigenvalue weighted by Crippen LogP contribution is 2.37. The molecule has 7 nitrogen and oxygen atoms in total. The molecule has 0 saturated carbocycles. The molecule has 5 rings (SSSR count). The number of nitrogens with zero attached hydrogens (tertiary/aromatic N) is 4. The van der Waals surface area contributed by atoms with Crippen LogP contribution < -0.4 is 4.74 Å². The summed E-state index contributed by atoms with van der Waals surface area (Å²) < 4.78 is 20.8. The first-order chi connectivity index (χ1) is 15.9. The lowest BCUT2D eigenvalue weighted by molar-refractivity contribution is 0.0818. The summed E-state index contributed by atoms with van der Waals surface area (Å²) in [6.45, 7) is 8.17. The molecule has 173 valence electrons. The van der Waals surface area contributed by atoms with Crippen molar-refractivity contribution in [3.63, 3.8) is 0 Å². The minimum atomic E-state index is -1.14. The van der Waals surface area contributed by atoms with Crippen molar-refractivity contribution in [3.8, 4) is 17.2 Å². The molecule has 0 spiro atoms. The molecule has 1 aromatic carbocycles. The molecule has 3 heterocycles. The van der Waals surface area contributed by atoms with Gasteiger partial charge in [-0.2, -0.15) is 24.7 Å². The Hall–Kier alpha value is -2.49. The SMILES string of the molecule is C[Si-](C)(C)CCOCn1nc(-c2cnco2)c2cc(OC3CCc4cc(Br)cnc43)ccc21. The maximum Gasteiger partial charge on any atom is 0.181 e. The van der Waals surface area contributed by atoms with Crippen LogP contribution in [0.2, 0.25) is 25.7 Å². The van der Waals surface area contributed by atoms with E-state index in [9.17, 15) is 0 Å². The Bertz CT molecular complexity index is 1270. The summed E-state index contributed by atoms with van der Waals surface area (Å²) in [6, 6.07) is 9.29. The van der Waals surface area contributed by atoms with Gasteiger partial charge >= 0.3 is 0 Å². The third kappa shape index (κ3) is 4.90. The lowest BCUT2D eigenvalue weighted by atomic mass is 10.1. The van der Waals surface area contributed by atoms with Gasteiger partial charge in [-0.05, 0) is 58.6 Å². The highest BCUT2D eigenvalue weighted by Gasteiger charge is 2.26. The van der Waals surface area contributed by atoms with E-state index in [0.717, 1.165) is 58.0 Å². The number of aryl methyl sites for hydroxylation is 1. The van der Waals surface area contributed by atoms with Gasteiger partial charge in [0, 0.05) is 22.7 Å². The zero-order chi connectivity index (χ0) is 23.0. The van der Waals surface area contributed by atoms with Crippen molar-refractivity contribution in [1.29, 1.82) is 0 Å². The van der Waals surface area contributed by atoms with Crippen molar-refractivity contribution >= 4 is 34.9 Å². The summed E-state index contributed by atoms with van der Waals surface area (Å²) >= 11 is 3.50. The average molecular weight is 527 g/mol. The number of halogens is 1. The fourth-order valence-electron chi connectivity index (χ4n) is 4.06. The van der Waals surface area contributed by atoms with Crippen LogP contribution in [-0.4, -0.2) is 34.4 Å². The van der Waals surface area contributed by atoms with Crippen LogP contribution in [-0.2, 0) is 17.9 Å². The highest BCUT2D eigenvalue weighted by molar-refractivity contribution is 9.10. The number of oxazole rings is 1. The Kier molecular flexibility index (Phi) is 6.11. The molecule has 33 heavy (non-hydrogen) atoms. The largest absolute Gasteiger partial charge is 0.484 e. The minimum Gasteiger partial charge on any atom is -0.484 e. The Labute approximate surface area is 202 Å². The number of ether oxygens (including phenoxy) is 2. The van der Waals surface area contributed by atoms with Crippen LogP contribution >= 0.6 is 15.9 Å². The third-order valence-corrected chi connectivity index (χ3v) is 7.96. The molecule has 0 fully saturated rings. The average Bonchev–Trinajstić information content (AvgIpc) is 3.50. The Morgan fingerprint density at radius 3 is 2.88 bits per heavy atom. The van der Waals surface area contributed by atoms with Crippen LogP contribution in [0.1, 0.15) is 23.8 Å². The smallest absolute Gasteiger partial charge is 0.181 e. The van der Waals surface area contributed by atoms with Gasteiger partial charge in [-0.1, -0.05) is 0 Å². The molecule has 4 aromatic rings. The van der Waals surface area contributed by atoms with E-state index in [2.05, 4.69) is 51.6 Å². The van der Waals surface area contributed by atoms with Crippen molar-refractivity contribution in [3.05, 3.63) is 58.8 Å². The van der Waals surface area contributed by atoms with Crippen LogP contribution in [0.4, 0.5) is 0 Å². The first-order valence-corrected chi connectivity index (χ1v) is 15.7. The fraction of sp³-hybridized carbons (Fsp3) is 0.375. The molecule has 0 bridgehead atoms. The van der Waals surface area contributed by atoms with Gasteiger partial charge < -0.3 is 13.9 Å². The van der Waals surface area contributed by atoms with Crippen LogP contribution in [0.5, 0.6) is 5.75 Å². The summed E-state index contributed by atoms with van der Waals surface area (Å²) in [5.41, 5.74) is 3.95. The Balaban J connectivity index is 1.42. The molecule has 3 aromatic heterocycles. The quantitative estimate of drug-likeness (QED) is 0.200. The molecule has 1 aliphatic rings. The predicted molar refractivity (Wildman–Crippen MR) is 133 cm³/mol. The van der Waals surface area contributed by atoms with Crippen molar-refractivity contribution in [2.45, 2.75) is 51.4 Å². The number of fused-ring (bicyclic) bond motifs is 2. The molecule has 0 amide bonds. The number of aromatic nitrogens is 4. The van der Waals surface area contributed by atoms with Crippen LogP contribution in [0.15, 0.2) is 51.9 Å². The second-order valence-electron chi connectivity index (χ2n) is 9.58. The van der Waals surface area contributed by atoms with Gasteiger partial charge in [0.05, 0.1) is 17.4 Å². The van der Waals surface area contributed by atoms with E-state index in [1.165, 1.54) is 12.0 Å². The Morgan fingerprint density at radius 2 is 2.09 bits per heavy atom. The Morgan fingerprint density at radius 1 is 1.21 bits per heavy atom. The lowest BCUT2D eigenvalue weighted by Crippen LogP contribution is -2.22. The van der Waals surface area contributed by atoms with E-state index in [0.29, 0.717) is 12.5 Å². The van der Waals surface area contributed by atoms with Gasteiger partial charge in [0.25, 0.3) is 0 Å². The van der Waals surface area contributed by atoms with E-state index in [4.69, 9.17) is 19.0 Å². The molecule has 0 aliphatic heterocycles. The second-order valence-corrected chi connectivity index (χ2v) is 16.1. The van der Waals surface area contributed by atoms with Crippen LogP contribution in [0.25, 0.3) is 22.4 Å². The first-order valence-electron chi connectivity index (χ1n) is 11.2. The second kappa shape index (κ2) is 9.04. The number of hydrogen-bond donors (Lipinski definition) is 0. The molecule has 1 aliphatic carbocycles. The van der Waals surface area contributed by atoms with Gasteiger partial charge in [-0.15, -0.1) is 14.1 Å². The number of benzene rings is 1. The number of rotatable bonds is 8. The van der Waals surface area contributed by atoms with E-state index < -0.39 is 8.07 Å². The maximum atomic E-state index is 6.38. The van der Waals surface area contributed by atoms with Gasteiger partial charge in [0.1, 0.15) is 24.3 Å². The molecule has 1 unspecified atom stereocenters. The summed E-state index contributed by atoms with van der Waals surface area (Å²) in [5, 5.41) is 5.72. The van der Waals surface area contributed by atoms with Gasteiger partial charge in [0.2, 0.25) is 0 Å². The van der Waals surface area contributed by atoms with Crippen molar-refractivity contribution in [2.75, 3.05) is 6.61 Å². The molecule has 0 radical (unpaired) electrons. The zero-order valence-electron chi connectivity index (χ0n) is 19.0. The first kappa shape index (κ1) is 22.3. The van der Waals surface area contributed by atoms with Crippen LogP contribution in [0.3, 0.4) is 0 Å². The molecule has 9 heteroatoms. The maximum absolute atomic E-state index is 6.38. The normalized spacial score (nSPS) is 15.8. The summed E-state index contributed by atoms with van der Waals surface area (Å²) in [6.07, 6.45) is 6.75. The van der Waals surface area contributed by atoms with Crippen molar-refractivity contribution in [1.82, 2.24) is 19.7 Å². The molecular formula is C24H27BrN4O3Si-. The van der Waals surface area contributed by atoms with E-state index in [-0.39, 0.29) is 6.10 Å². The van der Waals surface area contributed by atoms with E-state index >= 15 is 0 Å². The molecular weight excluding hydrogens is 500 g/mol. The zero-order valence-corrected chi connectivity index (χ0v) is 21.6. The summed E-state index contributed by atoms with van der Waals surface area (Å²) in [7, 11) is -1.14. The molecule has 0 N–H and O–H groups in total. The van der Waals surface area contributed by atoms with Crippen LogP contribution in [0, 0.1) is 0 Å². The van der Waals surface area contributed by atoms with Gasteiger partial charge in [-0.25, -0.2) is 9.67 Å². The van der Waals surface area contributed by atoms with Crippen molar-refractivity contribution < 1.29 is 13.9 Å². The summed E-state index contributed by atoms with van der Waals surface area (Å²) in [4.78, 5) is 8.66. The van der Waals surface area contributed by atoms with E-state index in [1.54, 1.807) is 6.20 Å². The number of hydrogen-bond acceptors (Lipinski definition) is 6. The highest BCUT2D eigenvalue weighted by atomic mass is 79.9. The molecule has 1 atom stereocenters. The van der Waals surface area contributed by atoms with Crippen molar-refractivity contribution in [2.24, 2.45) is 0 Å². The fourth-order valence-corrected chi connectivity index (χ4v) is 5.19. The predicted octanol–water partition coefficient (Wildman–Crippen LogP) is 6.23. The topological polar surface area (TPSA) is 75.2 Å². The van der Waals surface area contributed by atoms with Gasteiger partial charge in [-0.3, -0.25) is 4.98 Å². The monoisotopic (exact) mass is 526 g/mol. The standard InChI is InChI=1S/C24H27BrN4O3Si/c1-33(2,3)9-8-30-15-29-20-6-5-18(11-19(20)24(28-29)22-13-26-14-31-22)32-21-7-4-16-10-17(25)12-27-23(16)21/h5-6,10-14,21H,4,7-9,15H2,1-3H3/q-1. The minimum absolute atomic E-state index is 0.0563. The summed E-state index contributed by atoms with van der Waals surface area (Å²) in [5.74, 6) is 1.40.